The maximum absolute atomic E-state index is 5.36. The maximum Gasteiger partial charge on any atom is 0.00341 e. The molecule has 0 N–H and O–H groups in total. The van der Waals surface area contributed by atoms with Crippen molar-refractivity contribution < 1.29 is 0 Å². The summed E-state index contributed by atoms with van der Waals surface area (Å²) in [6.07, 6.45) is 11.3. The highest BCUT2D eigenvalue weighted by molar-refractivity contribution is 5.32. The summed E-state index contributed by atoms with van der Waals surface area (Å²) in [6.45, 7) is 4.44. The number of hydrogen-bond donors (Lipinski definition) is 0. The van der Waals surface area contributed by atoms with Gasteiger partial charge in [0.1, 0.15) is 0 Å². The molecule has 0 spiro atoms. The predicted octanol–water partition coefficient (Wildman–Crippen LogP) is 2.76. The second-order valence-corrected chi connectivity index (χ2v) is 3.54. The summed E-state index contributed by atoms with van der Waals surface area (Å²) in [7, 11) is 0. The molecule has 0 unspecified atom stereocenters. The van der Waals surface area contributed by atoms with Gasteiger partial charge < -0.3 is 0 Å². The van der Waals surface area contributed by atoms with E-state index in [1.807, 2.05) is 0 Å². The van der Waals surface area contributed by atoms with Crippen molar-refractivity contribution in [1.29, 1.82) is 0 Å². The van der Waals surface area contributed by atoms with E-state index >= 15 is 0 Å². The fraction of sp³-hybridized carbons (Fsp3) is 0.600. The van der Waals surface area contributed by atoms with E-state index in [4.69, 9.17) is 6.42 Å². The van der Waals surface area contributed by atoms with Crippen molar-refractivity contribution in [2.75, 3.05) is 0 Å². The molecular formula is C10H14. The van der Waals surface area contributed by atoms with Crippen molar-refractivity contribution in [1.82, 2.24) is 0 Å². The van der Waals surface area contributed by atoms with Crippen LogP contribution in [-0.4, -0.2) is 0 Å². The molecule has 0 aromatic carbocycles. The Morgan fingerprint density at radius 3 is 2.70 bits per heavy atom. The van der Waals surface area contributed by atoms with E-state index in [1.54, 1.807) is 0 Å². The molecule has 0 heterocycles. The van der Waals surface area contributed by atoms with Crippen LogP contribution in [0, 0.1) is 17.8 Å². The average Bonchev–Trinajstić information content (AvgIpc) is 1.87. The molecular weight excluding hydrogens is 120 g/mol. The van der Waals surface area contributed by atoms with Gasteiger partial charge in [-0.3, -0.25) is 0 Å². The summed E-state index contributed by atoms with van der Waals surface area (Å²) < 4.78 is 0. The molecule has 0 aromatic rings. The number of rotatable bonds is 0. The van der Waals surface area contributed by atoms with E-state index in [1.165, 1.54) is 24.8 Å². The van der Waals surface area contributed by atoms with Crippen LogP contribution >= 0.6 is 0 Å². The highest BCUT2D eigenvalue weighted by Gasteiger charge is 2.23. The topological polar surface area (TPSA) is 0 Å². The number of allylic oxidation sites excluding steroid dienone is 2. The van der Waals surface area contributed by atoms with E-state index in [0.29, 0.717) is 0 Å². The highest BCUT2D eigenvalue weighted by Crippen LogP contribution is 2.35. The summed E-state index contributed by atoms with van der Waals surface area (Å²) in [4.78, 5) is 0. The summed E-state index contributed by atoms with van der Waals surface area (Å²) in [5.41, 5.74) is 1.46. The average molecular weight is 134 g/mol. The van der Waals surface area contributed by atoms with Gasteiger partial charge in [-0.15, -0.1) is 6.42 Å². The molecule has 0 heteroatoms. The molecule has 54 valence electrons. The van der Waals surface area contributed by atoms with Crippen molar-refractivity contribution in [3.8, 4) is 12.3 Å². The molecule has 0 radical (unpaired) electrons. The Morgan fingerprint density at radius 1 is 1.60 bits per heavy atom. The molecule has 1 aliphatic carbocycles. The van der Waals surface area contributed by atoms with Gasteiger partial charge in [-0.2, -0.15) is 0 Å². The quantitative estimate of drug-likeness (QED) is 0.447. The lowest BCUT2D eigenvalue weighted by molar-refractivity contribution is 0.388. The third-order valence-electron chi connectivity index (χ3n) is 2.24. The summed E-state index contributed by atoms with van der Waals surface area (Å²) in [6, 6.07) is 0. The van der Waals surface area contributed by atoms with Gasteiger partial charge in [0.25, 0.3) is 0 Å². The van der Waals surface area contributed by atoms with E-state index in [-0.39, 0.29) is 5.41 Å². The van der Waals surface area contributed by atoms with E-state index in [0.717, 1.165) is 0 Å². The minimum atomic E-state index is 0.271. The Bertz CT molecular complexity index is 189. The van der Waals surface area contributed by atoms with Gasteiger partial charge >= 0.3 is 0 Å². The molecule has 0 aromatic heterocycles. The number of terminal acetylenes is 1. The molecule has 0 amide bonds. The van der Waals surface area contributed by atoms with Crippen LogP contribution in [0.15, 0.2) is 11.6 Å². The Labute approximate surface area is 63.3 Å². The van der Waals surface area contributed by atoms with E-state index in [9.17, 15) is 0 Å². The molecule has 0 saturated heterocycles. The highest BCUT2D eigenvalue weighted by atomic mass is 14.3. The first-order valence-electron chi connectivity index (χ1n) is 3.84. The van der Waals surface area contributed by atoms with Gasteiger partial charge in [-0.1, -0.05) is 25.8 Å². The summed E-state index contributed by atoms with van der Waals surface area (Å²) in [5, 5.41) is 0. The van der Waals surface area contributed by atoms with Crippen LogP contribution in [0.2, 0.25) is 0 Å². The molecule has 0 aliphatic heterocycles. The molecule has 1 rings (SSSR count). The van der Waals surface area contributed by atoms with E-state index < -0.39 is 0 Å². The Morgan fingerprint density at radius 2 is 2.30 bits per heavy atom. The van der Waals surface area contributed by atoms with Gasteiger partial charge in [0.05, 0.1) is 0 Å². The smallest absolute Gasteiger partial charge is 0.00341 e. The van der Waals surface area contributed by atoms with Crippen molar-refractivity contribution in [3.05, 3.63) is 11.6 Å². The zero-order valence-corrected chi connectivity index (χ0v) is 6.78. The first kappa shape index (κ1) is 7.41. The standard InChI is InChI=1S/C10H14/c1-4-9-7-5-6-8-10(9,2)3/h1,7H,5-6,8H2,2-3H3. The first-order valence-corrected chi connectivity index (χ1v) is 3.84. The van der Waals surface area contributed by atoms with Gasteiger partial charge in [0.15, 0.2) is 0 Å². The van der Waals surface area contributed by atoms with Gasteiger partial charge in [-0.25, -0.2) is 0 Å². The molecule has 0 nitrogen and oxygen atoms in total. The minimum absolute atomic E-state index is 0.271. The lowest BCUT2D eigenvalue weighted by Crippen LogP contribution is -2.16. The normalized spacial score (nSPS) is 23.1. The molecule has 10 heavy (non-hydrogen) atoms. The van der Waals surface area contributed by atoms with Crippen molar-refractivity contribution >= 4 is 0 Å². The monoisotopic (exact) mass is 134 g/mol. The van der Waals surface area contributed by atoms with Crippen LogP contribution in [0.5, 0.6) is 0 Å². The zero-order valence-electron chi connectivity index (χ0n) is 6.78. The third kappa shape index (κ3) is 1.24. The molecule has 0 saturated carbocycles. The van der Waals surface area contributed by atoms with Crippen molar-refractivity contribution in [2.45, 2.75) is 33.1 Å². The second kappa shape index (κ2) is 2.50. The fourth-order valence-corrected chi connectivity index (χ4v) is 1.46. The van der Waals surface area contributed by atoms with E-state index in [2.05, 4.69) is 25.8 Å². The molecule has 1 aliphatic rings. The molecule has 0 fully saturated rings. The lowest BCUT2D eigenvalue weighted by Gasteiger charge is -2.28. The second-order valence-electron chi connectivity index (χ2n) is 3.54. The zero-order chi connectivity index (χ0) is 7.61. The van der Waals surface area contributed by atoms with Crippen LogP contribution in [0.25, 0.3) is 0 Å². The van der Waals surface area contributed by atoms with Crippen LogP contribution in [0.1, 0.15) is 33.1 Å². The Balaban J connectivity index is 2.86. The maximum atomic E-state index is 5.36. The van der Waals surface area contributed by atoms with Crippen molar-refractivity contribution in [2.24, 2.45) is 5.41 Å². The van der Waals surface area contributed by atoms with Gasteiger partial charge in [0, 0.05) is 5.57 Å². The Kier molecular flexibility index (Phi) is 1.85. The summed E-state index contributed by atoms with van der Waals surface area (Å²) >= 11 is 0. The predicted molar refractivity (Wildman–Crippen MR) is 44.5 cm³/mol. The summed E-state index contributed by atoms with van der Waals surface area (Å²) in [5.74, 6) is 2.76. The van der Waals surface area contributed by atoms with Crippen molar-refractivity contribution in [3.63, 3.8) is 0 Å². The third-order valence-corrected chi connectivity index (χ3v) is 2.24. The van der Waals surface area contributed by atoms with Crippen LogP contribution < -0.4 is 0 Å². The van der Waals surface area contributed by atoms with Gasteiger partial charge in [-0.05, 0) is 24.7 Å². The number of hydrogen-bond acceptors (Lipinski definition) is 0. The minimum Gasteiger partial charge on any atom is -0.115 e. The molecule has 0 atom stereocenters. The van der Waals surface area contributed by atoms with Gasteiger partial charge in [0.2, 0.25) is 0 Å². The fourth-order valence-electron chi connectivity index (χ4n) is 1.46. The van der Waals surface area contributed by atoms with Crippen LogP contribution in [0.3, 0.4) is 0 Å². The van der Waals surface area contributed by atoms with Crippen LogP contribution in [0.4, 0.5) is 0 Å². The molecule has 0 bridgehead atoms. The lowest BCUT2D eigenvalue weighted by atomic mass is 9.76. The first-order chi connectivity index (χ1) is 4.67. The van der Waals surface area contributed by atoms with Crippen LogP contribution in [-0.2, 0) is 0 Å². The Hall–Kier alpha value is -0.700. The SMILES string of the molecule is C#CC1=CCCCC1(C)C. The largest absolute Gasteiger partial charge is 0.115 e.